The van der Waals surface area contributed by atoms with Crippen molar-refractivity contribution in [2.45, 2.75) is 26.9 Å². The number of hydrogen-bond acceptors (Lipinski definition) is 5. The molecule has 0 spiro atoms. The van der Waals surface area contributed by atoms with Gasteiger partial charge in [0, 0.05) is 17.5 Å². The lowest BCUT2D eigenvalue weighted by atomic mass is 9.89. The Morgan fingerprint density at radius 2 is 2.00 bits per heavy atom. The third-order valence-corrected chi connectivity index (χ3v) is 2.67. The van der Waals surface area contributed by atoms with Crippen LogP contribution in [0.15, 0.2) is 18.2 Å². The van der Waals surface area contributed by atoms with E-state index in [0.29, 0.717) is 0 Å². The van der Waals surface area contributed by atoms with Crippen molar-refractivity contribution in [1.29, 1.82) is 0 Å². The number of hydrogen-bond donors (Lipinski definition) is 0. The SMILES string of the molecule is CC(C)(C)C(Oc1ccc([N+](=O)[O-])cc1Cl)C(=O)[O-]. The first-order valence-electron chi connectivity index (χ1n) is 5.44. The maximum absolute atomic E-state index is 11.0. The van der Waals surface area contributed by atoms with Crippen molar-refractivity contribution in [2.24, 2.45) is 5.41 Å². The number of carbonyl (C=O) groups is 1. The number of benzene rings is 1. The van der Waals surface area contributed by atoms with Gasteiger partial charge in [0.15, 0.2) is 0 Å². The number of ether oxygens (including phenoxy) is 1. The third kappa shape index (κ3) is 3.82. The zero-order valence-corrected chi connectivity index (χ0v) is 11.4. The first-order chi connectivity index (χ1) is 8.62. The van der Waals surface area contributed by atoms with E-state index in [2.05, 4.69) is 0 Å². The second-order valence-electron chi connectivity index (χ2n) is 5.05. The van der Waals surface area contributed by atoms with E-state index in [0.717, 1.165) is 6.07 Å². The number of carbonyl (C=O) groups excluding carboxylic acids is 1. The summed E-state index contributed by atoms with van der Waals surface area (Å²) in [5.41, 5.74) is -0.901. The van der Waals surface area contributed by atoms with Gasteiger partial charge < -0.3 is 14.6 Å². The number of aliphatic carboxylic acids is 1. The lowest BCUT2D eigenvalue weighted by Gasteiger charge is -2.31. The van der Waals surface area contributed by atoms with Gasteiger partial charge in [-0.15, -0.1) is 0 Å². The molecule has 0 N–H and O–H groups in total. The largest absolute Gasteiger partial charge is 0.546 e. The predicted octanol–water partition coefficient (Wildman–Crippen LogP) is 1.79. The standard InChI is InChI=1S/C12H14ClNO5/c1-12(2,3)10(11(15)16)19-9-5-4-7(14(17)18)6-8(9)13/h4-6,10H,1-3H3,(H,15,16)/p-1. The minimum Gasteiger partial charge on any atom is -0.546 e. The molecule has 1 unspecified atom stereocenters. The summed E-state index contributed by atoms with van der Waals surface area (Å²) < 4.78 is 5.29. The van der Waals surface area contributed by atoms with E-state index in [1.807, 2.05) is 0 Å². The Hall–Kier alpha value is -1.82. The van der Waals surface area contributed by atoms with Crippen LogP contribution < -0.4 is 9.84 Å². The van der Waals surface area contributed by atoms with Crippen LogP contribution in [0.25, 0.3) is 0 Å². The maximum Gasteiger partial charge on any atom is 0.271 e. The van der Waals surface area contributed by atoms with Gasteiger partial charge in [0.25, 0.3) is 5.69 Å². The fourth-order valence-electron chi connectivity index (χ4n) is 1.40. The molecule has 0 aliphatic rings. The lowest BCUT2D eigenvalue weighted by Crippen LogP contribution is -2.47. The van der Waals surface area contributed by atoms with Gasteiger partial charge in [-0.25, -0.2) is 0 Å². The molecule has 0 amide bonds. The first-order valence-corrected chi connectivity index (χ1v) is 5.82. The maximum atomic E-state index is 11.0. The monoisotopic (exact) mass is 286 g/mol. The summed E-state index contributed by atoms with van der Waals surface area (Å²) in [6.07, 6.45) is -1.22. The summed E-state index contributed by atoms with van der Waals surface area (Å²) in [5, 5.41) is 21.6. The Bertz CT molecular complexity index is 509. The van der Waals surface area contributed by atoms with Gasteiger partial charge in [0.05, 0.1) is 15.9 Å². The molecule has 7 heteroatoms. The van der Waals surface area contributed by atoms with Gasteiger partial charge in [0.2, 0.25) is 0 Å². The molecule has 0 aromatic heterocycles. The molecule has 0 radical (unpaired) electrons. The van der Waals surface area contributed by atoms with E-state index in [1.54, 1.807) is 20.8 Å². The van der Waals surface area contributed by atoms with Crippen molar-refractivity contribution >= 4 is 23.3 Å². The molecular weight excluding hydrogens is 274 g/mol. The molecule has 0 saturated heterocycles. The Morgan fingerprint density at radius 1 is 1.42 bits per heavy atom. The zero-order chi connectivity index (χ0) is 14.8. The molecule has 6 nitrogen and oxygen atoms in total. The van der Waals surface area contributed by atoms with E-state index in [9.17, 15) is 20.0 Å². The molecule has 0 saturated carbocycles. The number of nitrogens with zero attached hydrogens (tertiary/aromatic N) is 1. The van der Waals surface area contributed by atoms with E-state index in [1.165, 1.54) is 12.1 Å². The quantitative estimate of drug-likeness (QED) is 0.621. The highest BCUT2D eigenvalue weighted by molar-refractivity contribution is 6.32. The summed E-state index contributed by atoms with van der Waals surface area (Å²) in [6.45, 7) is 5.02. The van der Waals surface area contributed by atoms with Crippen molar-refractivity contribution in [1.82, 2.24) is 0 Å². The Labute approximate surface area is 115 Å². The number of rotatable bonds is 4. The molecule has 0 aliphatic heterocycles. The van der Waals surface area contributed by atoms with Crippen LogP contribution in [-0.4, -0.2) is 17.0 Å². The van der Waals surface area contributed by atoms with Gasteiger partial charge in [-0.05, 0) is 6.07 Å². The first kappa shape index (κ1) is 15.2. The van der Waals surface area contributed by atoms with E-state index < -0.39 is 22.4 Å². The van der Waals surface area contributed by atoms with Gasteiger partial charge in [-0.1, -0.05) is 32.4 Å². The normalized spacial score (nSPS) is 12.8. The Balaban J connectivity index is 3.05. The van der Waals surface area contributed by atoms with E-state index >= 15 is 0 Å². The summed E-state index contributed by atoms with van der Waals surface area (Å²) in [4.78, 5) is 21.0. The van der Waals surface area contributed by atoms with Gasteiger partial charge in [-0.3, -0.25) is 10.1 Å². The highest BCUT2D eigenvalue weighted by atomic mass is 35.5. The van der Waals surface area contributed by atoms with Crippen LogP contribution in [0.3, 0.4) is 0 Å². The highest BCUT2D eigenvalue weighted by Crippen LogP contribution is 2.32. The molecule has 0 bridgehead atoms. The molecular formula is C12H13ClNO5-. The minimum absolute atomic E-state index is 0.0234. The summed E-state index contributed by atoms with van der Waals surface area (Å²) in [5.74, 6) is -1.31. The summed E-state index contributed by atoms with van der Waals surface area (Å²) >= 11 is 5.83. The number of carboxylic acid groups (broad SMARTS) is 1. The van der Waals surface area contributed by atoms with Crippen molar-refractivity contribution in [2.75, 3.05) is 0 Å². The fraction of sp³-hybridized carbons (Fsp3) is 0.417. The highest BCUT2D eigenvalue weighted by Gasteiger charge is 2.28. The van der Waals surface area contributed by atoms with Gasteiger partial charge in [0.1, 0.15) is 11.9 Å². The molecule has 1 rings (SSSR count). The topological polar surface area (TPSA) is 92.5 Å². The van der Waals surface area contributed by atoms with Crippen LogP contribution in [0.2, 0.25) is 5.02 Å². The number of nitro groups is 1. The average Bonchev–Trinajstić information content (AvgIpc) is 2.24. The van der Waals surface area contributed by atoms with Crippen LogP contribution in [0.1, 0.15) is 20.8 Å². The average molecular weight is 287 g/mol. The van der Waals surface area contributed by atoms with E-state index in [4.69, 9.17) is 16.3 Å². The number of halogens is 1. The second-order valence-corrected chi connectivity index (χ2v) is 5.46. The van der Waals surface area contributed by atoms with Crippen LogP contribution in [0.5, 0.6) is 5.75 Å². The molecule has 104 valence electrons. The predicted molar refractivity (Wildman–Crippen MR) is 67.0 cm³/mol. The summed E-state index contributed by atoms with van der Waals surface area (Å²) in [6, 6.07) is 3.56. The molecule has 19 heavy (non-hydrogen) atoms. The zero-order valence-electron chi connectivity index (χ0n) is 10.7. The fourth-order valence-corrected chi connectivity index (χ4v) is 1.62. The van der Waals surface area contributed by atoms with Crippen LogP contribution in [0.4, 0.5) is 5.69 Å². The van der Waals surface area contributed by atoms with Gasteiger partial charge >= 0.3 is 0 Å². The van der Waals surface area contributed by atoms with Crippen LogP contribution >= 0.6 is 11.6 Å². The number of non-ortho nitro benzene ring substituents is 1. The molecule has 1 aromatic rings. The summed E-state index contributed by atoms with van der Waals surface area (Å²) in [7, 11) is 0. The molecule has 0 aliphatic carbocycles. The minimum atomic E-state index is -1.37. The number of carboxylic acids is 1. The second kappa shape index (κ2) is 5.44. The molecule has 1 atom stereocenters. The van der Waals surface area contributed by atoms with Crippen molar-refractivity contribution in [3.05, 3.63) is 33.3 Å². The Morgan fingerprint density at radius 3 is 2.37 bits per heavy atom. The smallest absolute Gasteiger partial charge is 0.271 e. The van der Waals surface area contributed by atoms with Crippen molar-refractivity contribution in [3.8, 4) is 5.75 Å². The van der Waals surface area contributed by atoms with Gasteiger partial charge in [-0.2, -0.15) is 0 Å². The van der Waals surface area contributed by atoms with E-state index in [-0.39, 0.29) is 16.5 Å². The third-order valence-electron chi connectivity index (χ3n) is 2.37. The molecule has 0 fully saturated rings. The molecule has 1 aromatic carbocycles. The van der Waals surface area contributed by atoms with Crippen LogP contribution in [0, 0.1) is 15.5 Å². The van der Waals surface area contributed by atoms with Crippen molar-refractivity contribution in [3.63, 3.8) is 0 Å². The van der Waals surface area contributed by atoms with Crippen LogP contribution in [-0.2, 0) is 4.79 Å². The Kier molecular flexibility index (Phi) is 4.36. The number of nitro benzene ring substituents is 1. The lowest BCUT2D eigenvalue weighted by molar-refractivity contribution is -0.384. The van der Waals surface area contributed by atoms with Crippen molar-refractivity contribution < 1.29 is 19.6 Å². The molecule has 0 heterocycles.